The molecule has 158 valence electrons. The molecular weight excluding hydrogens is 370 g/mol. The predicted molar refractivity (Wildman–Crippen MR) is 111 cm³/mol. The predicted octanol–water partition coefficient (Wildman–Crippen LogP) is 1.91. The molecule has 2 heterocycles. The highest BCUT2D eigenvalue weighted by Crippen LogP contribution is 2.33. The Morgan fingerprint density at radius 3 is 2.83 bits per heavy atom. The second-order valence-corrected chi connectivity index (χ2v) is 7.87. The van der Waals surface area contributed by atoms with Crippen LogP contribution in [0.3, 0.4) is 0 Å². The average molecular weight is 402 g/mol. The van der Waals surface area contributed by atoms with Gasteiger partial charge in [0.15, 0.2) is 5.82 Å². The lowest BCUT2D eigenvalue weighted by Crippen LogP contribution is -2.44. The van der Waals surface area contributed by atoms with Crippen molar-refractivity contribution in [1.29, 1.82) is 0 Å². The lowest BCUT2D eigenvalue weighted by atomic mass is 9.98. The number of ether oxygens (including phenoxy) is 1. The van der Waals surface area contributed by atoms with Crippen LogP contribution in [0.15, 0.2) is 35.0 Å². The zero-order valence-electron chi connectivity index (χ0n) is 17.2. The molecule has 0 unspecified atom stereocenters. The van der Waals surface area contributed by atoms with Gasteiger partial charge < -0.3 is 20.4 Å². The first-order valence-corrected chi connectivity index (χ1v) is 10.2. The second-order valence-electron chi connectivity index (χ2n) is 7.87. The Kier molecular flexibility index (Phi) is 7.54. The molecule has 1 aliphatic heterocycles. The van der Waals surface area contributed by atoms with Crippen LogP contribution in [-0.2, 0) is 4.74 Å². The summed E-state index contributed by atoms with van der Waals surface area (Å²) < 4.78 is 5.67. The fourth-order valence-electron chi connectivity index (χ4n) is 3.88. The second kappa shape index (κ2) is 10.3. The highest BCUT2D eigenvalue weighted by atomic mass is 16.6. The molecule has 29 heavy (non-hydrogen) atoms. The standard InChI is InChI=1S/C20H31N7O2/c1-14(12-19(25-21)24-18-4-3-9-22-26-18)15-5-6-17(13-15)29-20(28)23-16-7-10-27(2)11-8-16/h3-4,9,12,15-17H,5-8,10-11,13,21H2,1-2H3,(H,23,28)(H,24,25,26)/b14-12+/t15-,17+/m0/s1. The first-order chi connectivity index (χ1) is 14.0. The van der Waals surface area contributed by atoms with Crippen molar-refractivity contribution in [2.24, 2.45) is 16.8 Å². The van der Waals surface area contributed by atoms with Gasteiger partial charge in [0, 0.05) is 12.2 Å². The van der Waals surface area contributed by atoms with Crippen molar-refractivity contribution in [3.8, 4) is 0 Å². The van der Waals surface area contributed by atoms with E-state index >= 15 is 0 Å². The number of aliphatic imine (C=N–C) groups is 1. The van der Waals surface area contributed by atoms with Gasteiger partial charge in [-0.25, -0.2) is 15.6 Å². The molecule has 9 nitrogen and oxygen atoms in total. The van der Waals surface area contributed by atoms with E-state index in [1.54, 1.807) is 18.3 Å². The number of amides is 1. The lowest BCUT2D eigenvalue weighted by Gasteiger charge is -2.29. The van der Waals surface area contributed by atoms with Crippen LogP contribution in [0.2, 0.25) is 0 Å². The van der Waals surface area contributed by atoms with Gasteiger partial charge in [0.05, 0.1) is 0 Å². The summed E-state index contributed by atoms with van der Waals surface area (Å²) in [4.78, 5) is 18.9. The topological polar surface area (TPSA) is 118 Å². The number of allylic oxidation sites excluding steroid dienone is 1. The molecule has 0 aromatic carbocycles. The summed E-state index contributed by atoms with van der Waals surface area (Å²) in [6.45, 7) is 4.07. The molecule has 4 N–H and O–H groups in total. The molecule has 1 saturated heterocycles. The Bertz CT molecular complexity index is 730. The number of nitrogens with one attached hydrogen (secondary N) is 2. The van der Waals surface area contributed by atoms with Gasteiger partial charge in [0.1, 0.15) is 11.9 Å². The van der Waals surface area contributed by atoms with Gasteiger partial charge >= 0.3 is 6.09 Å². The molecule has 0 spiro atoms. The minimum Gasteiger partial charge on any atom is -0.446 e. The summed E-state index contributed by atoms with van der Waals surface area (Å²) in [5.41, 5.74) is 3.75. The largest absolute Gasteiger partial charge is 0.446 e. The van der Waals surface area contributed by atoms with Crippen molar-refractivity contribution in [3.05, 3.63) is 30.0 Å². The van der Waals surface area contributed by atoms with Crippen LogP contribution in [0.5, 0.6) is 0 Å². The molecule has 1 aliphatic carbocycles. The molecule has 1 amide bonds. The van der Waals surface area contributed by atoms with Crippen molar-refractivity contribution in [2.75, 3.05) is 20.1 Å². The van der Waals surface area contributed by atoms with Gasteiger partial charge in [0.2, 0.25) is 0 Å². The van der Waals surface area contributed by atoms with Gasteiger partial charge in [-0.15, -0.1) is 5.10 Å². The van der Waals surface area contributed by atoms with E-state index in [1.807, 2.05) is 6.08 Å². The number of carbonyl (C=O) groups is 1. The Labute approximate surface area is 171 Å². The van der Waals surface area contributed by atoms with Crippen LogP contribution in [-0.4, -0.2) is 59.3 Å². The van der Waals surface area contributed by atoms with E-state index in [0.717, 1.165) is 50.8 Å². The minimum atomic E-state index is -0.291. The van der Waals surface area contributed by atoms with Gasteiger partial charge in [-0.3, -0.25) is 0 Å². The summed E-state index contributed by atoms with van der Waals surface area (Å²) in [5.74, 6) is 6.94. The van der Waals surface area contributed by atoms with Gasteiger partial charge in [-0.2, -0.15) is 5.10 Å². The highest BCUT2D eigenvalue weighted by molar-refractivity contribution is 5.94. The molecule has 9 heteroatoms. The van der Waals surface area contributed by atoms with Crippen LogP contribution in [0.4, 0.5) is 10.6 Å². The third-order valence-electron chi connectivity index (χ3n) is 5.65. The molecule has 1 saturated carbocycles. The molecule has 2 fully saturated rings. The van der Waals surface area contributed by atoms with E-state index in [0.29, 0.717) is 17.6 Å². The Balaban J connectivity index is 1.49. The van der Waals surface area contributed by atoms with E-state index in [4.69, 9.17) is 10.6 Å². The highest BCUT2D eigenvalue weighted by Gasteiger charge is 2.29. The van der Waals surface area contributed by atoms with Crippen molar-refractivity contribution in [3.63, 3.8) is 0 Å². The van der Waals surface area contributed by atoms with Gasteiger partial charge in [-0.1, -0.05) is 5.57 Å². The molecular formula is C20H31N7O2. The maximum atomic E-state index is 12.2. The number of carbonyl (C=O) groups excluding carboxylic acids is 1. The molecule has 1 aromatic rings. The number of hydrazine groups is 1. The maximum Gasteiger partial charge on any atom is 0.407 e. The number of likely N-dealkylation sites (tertiary alicyclic amines) is 1. The monoisotopic (exact) mass is 401 g/mol. The number of alkyl carbamates (subject to hydrolysis) is 1. The smallest absolute Gasteiger partial charge is 0.407 e. The fraction of sp³-hybridized carbons (Fsp3) is 0.600. The summed E-state index contributed by atoms with van der Waals surface area (Å²) in [6, 6.07) is 3.75. The van der Waals surface area contributed by atoms with Crippen LogP contribution in [0.25, 0.3) is 0 Å². The van der Waals surface area contributed by atoms with E-state index in [1.165, 1.54) is 0 Å². The van der Waals surface area contributed by atoms with Gasteiger partial charge in [-0.05, 0) is 83.3 Å². The molecule has 0 bridgehead atoms. The number of aromatic nitrogens is 2. The Morgan fingerprint density at radius 1 is 1.34 bits per heavy atom. The Hall–Kier alpha value is -2.52. The van der Waals surface area contributed by atoms with Crippen molar-refractivity contribution >= 4 is 17.7 Å². The summed E-state index contributed by atoms with van der Waals surface area (Å²) in [7, 11) is 2.10. The fourth-order valence-corrected chi connectivity index (χ4v) is 3.88. The number of nitrogens with zero attached hydrogens (tertiary/aromatic N) is 4. The summed E-state index contributed by atoms with van der Waals surface area (Å²) >= 11 is 0. The number of amidine groups is 1. The first-order valence-electron chi connectivity index (χ1n) is 10.2. The number of rotatable bonds is 5. The SMILES string of the molecule is C/C(=C\C(=Nc1cccnn1)NN)[C@H]1CC[C@@H](OC(=O)NC2CCN(C)CC2)C1. The summed E-state index contributed by atoms with van der Waals surface area (Å²) in [6.07, 6.45) is 7.76. The normalized spacial score (nSPS) is 24.4. The maximum absolute atomic E-state index is 12.2. The van der Waals surface area contributed by atoms with Crippen LogP contribution in [0.1, 0.15) is 39.0 Å². The zero-order chi connectivity index (χ0) is 20.6. The zero-order valence-corrected chi connectivity index (χ0v) is 17.2. The average Bonchev–Trinajstić information content (AvgIpc) is 3.18. The molecule has 2 atom stereocenters. The third-order valence-corrected chi connectivity index (χ3v) is 5.65. The lowest BCUT2D eigenvalue weighted by molar-refractivity contribution is 0.0925. The van der Waals surface area contributed by atoms with E-state index < -0.39 is 0 Å². The van der Waals surface area contributed by atoms with E-state index in [-0.39, 0.29) is 18.2 Å². The number of hydrogen-bond acceptors (Lipinski definition) is 7. The van der Waals surface area contributed by atoms with E-state index in [9.17, 15) is 4.79 Å². The van der Waals surface area contributed by atoms with E-state index in [2.05, 4.69) is 44.8 Å². The van der Waals surface area contributed by atoms with Gasteiger partial charge in [0.25, 0.3) is 0 Å². The molecule has 3 rings (SSSR count). The van der Waals surface area contributed by atoms with Crippen molar-refractivity contribution in [2.45, 2.75) is 51.2 Å². The first kappa shape index (κ1) is 21.2. The Morgan fingerprint density at radius 2 is 2.14 bits per heavy atom. The van der Waals surface area contributed by atoms with Crippen LogP contribution < -0.4 is 16.6 Å². The summed E-state index contributed by atoms with van der Waals surface area (Å²) in [5, 5.41) is 10.8. The minimum absolute atomic E-state index is 0.0548. The molecule has 2 aliphatic rings. The third kappa shape index (κ3) is 6.50. The number of nitrogens with two attached hydrogens (primary N) is 1. The molecule has 0 radical (unpaired) electrons. The van der Waals surface area contributed by atoms with Crippen molar-refractivity contribution < 1.29 is 9.53 Å². The van der Waals surface area contributed by atoms with Crippen LogP contribution in [0, 0.1) is 5.92 Å². The quantitative estimate of drug-likeness (QED) is 0.298. The van der Waals surface area contributed by atoms with Crippen LogP contribution >= 0.6 is 0 Å². The van der Waals surface area contributed by atoms with Crippen molar-refractivity contribution in [1.82, 2.24) is 25.8 Å². The number of piperidine rings is 1. The molecule has 1 aromatic heterocycles. The number of hydrogen-bond donors (Lipinski definition) is 3.